The van der Waals surface area contributed by atoms with E-state index >= 15 is 0 Å². The molecule has 0 atom stereocenters. The van der Waals surface area contributed by atoms with Crippen LogP contribution in [0.4, 0.5) is 17.3 Å². The van der Waals surface area contributed by atoms with Gasteiger partial charge >= 0.3 is 0 Å². The van der Waals surface area contributed by atoms with E-state index in [9.17, 15) is 20.1 Å². The zero-order valence-electron chi connectivity index (χ0n) is 14.8. The number of halogens is 1. The molecule has 3 aromatic rings. The summed E-state index contributed by atoms with van der Waals surface area (Å²) in [5.74, 6) is -1.39. The van der Waals surface area contributed by atoms with Gasteiger partial charge in [0.1, 0.15) is 5.75 Å². The second-order valence-electron chi connectivity index (χ2n) is 5.62. The highest BCUT2D eigenvalue weighted by atomic mass is 79.9. The Morgan fingerprint density at radius 1 is 1.17 bits per heavy atom. The fourth-order valence-electron chi connectivity index (χ4n) is 2.22. The average Bonchev–Trinajstić information content (AvgIpc) is 2.71. The van der Waals surface area contributed by atoms with E-state index in [1.165, 1.54) is 18.3 Å². The van der Waals surface area contributed by atoms with E-state index in [4.69, 9.17) is 4.74 Å². The second-order valence-corrected chi connectivity index (χ2v) is 6.48. The van der Waals surface area contributed by atoms with Crippen molar-refractivity contribution in [1.29, 1.82) is 0 Å². The monoisotopic (exact) mass is 458 g/mol. The topological polar surface area (TPSA) is 137 Å². The lowest BCUT2D eigenvalue weighted by atomic mass is 10.2. The van der Waals surface area contributed by atoms with Crippen molar-refractivity contribution in [3.8, 4) is 28.9 Å². The number of benzene rings is 2. The van der Waals surface area contributed by atoms with Crippen molar-refractivity contribution in [1.82, 2.24) is 9.97 Å². The molecule has 1 amide bonds. The molecule has 5 N–H and O–H groups in total. The number of aromatic nitrogens is 2. The lowest BCUT2D eigenvalue weighted by Gasteiger charge is -2.12. The van der Waals surface area contributed by atoms with Gasteiger partial charge in [0.05, 0.1) is 16.4 Å². The molecule has 0 fully saturated rings. The Balaban J connectivity index is 1.83. The highest BCUT2D eigenvalue weighted by molar-refractivity contribution is 9.10. The quantitative estimate of drug-likeness (QED) is 0.212. The van der Waals surface area contributed by atoms with Gasteiger partial charge in [-0.15, -0.1) is 0 Å². The summed E-state index contributed by atoms with van der Waals surface area (Å²) in [7, 11) is 0. The number of ether oxygens (including phenoxy) is 1. The third-order valence-corrected chi connectivity index (χ3v) is 4.13. The van der Waals surface area contributed by atoms with Gasteiger partial charge in [-0.25, -0.2) is 4.98 Å². The van der Waals surface area contributed by atoms with Crippen LogP contribution < -0.4 is 15.4 Å². The molecular formula is C19H15BrN4O5. The highest BCUT2D eigenvalue weighted by Crippen LogP contribution is 2.41. The summed E-state index contributed by atoms with van der Waals surface area (Å²) in [4.78, 5) is 19.7. The van der Waals surface area contributed by atoms with E-state index in [1.807, 2.05) is 0 Å². The van der Waals surface area contributed by atoms with E-state index in [-0.39, 0.29) is 23.4 Å². The number of hydrogen-bond donors (Lipinski definition) is 5. The van der Waals surface area contributed by atoms with Crippen LogP contribution >= 0.6 is 15.9 Å². The molecule has 1 aromatic heterocycles. The standard InChI is InChI=1S/C19H15BrN4O5/c1-2-15(26)22-10-4-3-5-11(8-10)29-18-12(20)9-21-19(24-18)23-13-6-7-14(25)17(28)16(13)27/h2-9,25,27-28H,1H2,(H,22,26)(H,21,23,24). The molecule has 9 nitrogen and oxygen atoms in total. The largest absolute Gasteiger partial charge is 0.504 e. The summed E-state index contributed by atoms with van der Waals surface area (Å²) in [6.45, 7) is 3.40. The molecule has 0 aliphatic carbocycles. The van der Waals surface area contributed by atoms with Crippen LogP contribution in [0.2, 0.25) is 0 Å². The number of nitrogens with one attached hydrogen (secondary N) is 2. The Bertz CT molecular complexity index is 1090. The lowest BCUT2D eigenvalue weighted by Crippen LogP contribution is -2.07. The molecule has 0 saturated carbocycles. The number of nitrogens with zero attached hydrogens (tertiary/aromatic N) is 2. The van der Waals surface area contributed by atoms with Crippen LogP contribution in [0.5, 0.6) is 28.9 Å². The maximum absolute atomic E-state index is 11.4. The van der Waals surface area contributed by atoms with Gasteiger partial charge in [0.25, 0.3) is 0 Å². The summed E-state index contributed by atoms with van der Waals surface area (Å²) < 4.78 is 6.21. The van der Waals surface area contributed by atoms with Crippen LogP contribution in [0, 0.1) is 0 Å². The van der Waals surface area contributed by atoms with Crippen molar-refractivity contribution in [2.75, 3.05) is 10.6 Å². The molecule has 0 radical (unpaired) electrons. The molecule has 0 bridgehead atoms. The Hall–Kier alpha value is -3.79. The number of rotatable bonds is 6. The van der Waals surface area contributed by atoms with Gasteiger partial charge in [0.15, 0.2) is 11.5 Å². The maximum atomic E-state index is 11.4. The van der Waals surface area contributed by atoms with Crippen molar-refractivity contribution in [2.24, 2.45) is 0 Å². The third kappa shape index (κ3) is 4.74. The Morgan fingerprint density at radius 2 is 1.97 bits per heavy atom. The molecule has 1 heterocycles. The Morgan fingerprint density at radius 3 is 2.72 bits per heavy atom. The summed E-state index contributed by atoms with van der Waals surface area (Å²) >= 11 is 3.30. The number of carbonyl (C=O) groups excluding carboxylic acids is 1. The molecular weight excluding hydrogens is 444 g/mol. The van der Waals surface area contributed by atoms with Gasteiger partial charge in [0, 0.05) is 11.8 Å². The van der Waals surface area contributed by atoms with E-state index in [2.05, 4.69) is 43.1 Å². The van der Waals surface area contributed by atoms with E-state index in [0.29, 0.717) is 15.9 Å². The summed E-state index contributed by atoms with van der Waals surface area (Å²) in [5.41, 5.74) is 0.600. The van der Waals surface area contributed by atoms with Crippen LogP contribution in [0.3, 0.4) is 0 Å². The molecule has 2 aromatic carbocycles. The van der Waals surface area contributed by atoms with Crippen LogP contribution in [-0.2, 0) is 4.79 Å². The van der Waals surface area contributed by atoms with Crippen LogP contribution in [0.1, 0.15) is 0 Å². The number of anilines is 3. The predicted octanol–water partition coefficient (Wildman–Crippen LogP) is 4.02. The smallest absolute Gasteiger partial charge is 0.247 e. The first-order valence-corrected chi connectivity index (χ1v) is 8.91. The van der Waals surface area contributed by atoms with Crippen molar-refractivity contribution < 1.29 is 24.9 Å². The van der Waals surface area contributed by atoms with Gasteiger partial charge in [0.2, 0.25) is 23.5 Å². The first-order chi connectivity index (χ1) is 13.9. The number of carbonyl (C=O) groups is 1. The van der Waals surface area contributed by atoms with Crippen LogP contribution in [0.15, 0.2) is 59.7 Å². The molecule has 0 saturated heterocycles. The van der Waals surface area contributed by atoms with E-state index in [0.717, 1.165) is 6.08 Å². The number of aromatic hydroxyl groups is 3. The Kier molecular flexibility index (Phi) is 5.84. The molecule has 10 heteroatoms. The van der Waals surface area contributed by atoms with Crippen molar-refractivity contribution in [3.05, 3.63) is 59.7 Å². The number of amides is 1. The SMILES string of the molecule is C=CC(=O)Nc1cccc(Oc2nc(Nc3ccc(O)c(O)c3O)ncc2Br)c1. The molecule has 0 spiro atoms. The van der Waals surface area contributed by atoms with Crippen LogP contribution in [0.25, 0.3) is 0 Å². The van der Waals surface area contributed by atoms with Gasteiger partial charge in [-0.2, -0.15) is 4.98 Å². The second kappa shape index (κ2) is 8.48. The van der Waals surface area contributed by atoms with Crippen molar-refractivity contribution in [3.63, 3.8) is 0 Å². The van der Waals surface area contributed by atoms with E-state index in [1.54, 1.807) is 24.3 Å². The normalized spacial score (nSPS) is 10.2. The third-order valence-electron chi connectivity index (χ3n) is 3.59. The van der Waals surface area contributed by atoms with Crippen LogP contribution in [-0.4, -0.2) is 31.2 Å². The van der Waals surface area contributed by atoms with Gasteiger partial charge in [-0.05, 0) is 46.3 Å². The molecule has 3 rings (SSSR count). The minimum Gasteiger partial charge on any atom is -0.504 e. The Labute approximate surface area is 173 Å². The van der Waals surface area contributed by atoms with Gasteiger partial charge < -0.3 is 30.7 Å². The minimum absolute atomic E-state index is 0.0692. The molecule has 0 unspecified atom stereocenters. The van der Waals surface area contributed by atoms with Gasteiger partial charge in [-0.1, -0.05) is 12.6 Å². The summed E-state index contributed by atoms with van der Waals surface area (Å²) in [6, 6.07) is 9.22. The summed E-state index contributed by atoms with van der Waals surface area (Å²) in [6.07, 6.45) is 2.59. The first kappa shape index (κ1) is 20.0. The number of phenols is 3. The highest BCUT2D eigenvalue weighted by Gasteiger charge is 2.14. The maximum Gasteiger partial charge on any atom is 0.247 e. The predicted molar refractivity (Wildman–Crippen MR) is 110 cm³/mol. The first-order valence-electron chi connectivity index (χ1n) is 8.12. The fraction of sp³-hybridized carbons (Fsp3) is 0. The summed E-state index contributed by atoms with van der Waals surface area (Å²) in [5, 5.41) is 34.3. The van der Waals surface area contributed by atoms with Gasteiger partial charge in [-0.3, -0.25) is 4.79 Å². The molecule has 0 aliphatic heterocycles. The average molecular weight is 459 g/mol. The van der Waals surface area contributed by atoms with E-state index < -0.39 is 17.2 Å². The lowest BCUT2D eigenvalue weighted by molar-refractivity contribution is -0.111. The minimum atomic E-state index is -0.665. The zero-order valence-corrected chi connectivity index (χ0v) is 16.3. The molecule has 29 heavy (non-hydrogen) atoms. The van der Waals surface area contributed by atoms with Crippen molar-refractivity contribution in [2.45, 2.75) is 0 Å². The number of phenolic OH excluding ortho intramolecular Hbond substituents is 3. The fourth-order valence-corrected chi connectivity index (χ4v) is 2.49. The number of hydrogen-bond acceptors (Lipinski definition) is 8. The van der Waals surface area contributed by atoms with Crippen molar-refractivity contribution >= 4 is 39.2 Å². The zero-order chi connectivity index (χ0) is 21.0. The molecule has 148 valence electrons. The molecule has 0 aliphatic rings.